The van der Waals surface area contributed by atoms with Crippen molar-refractivity contribution < 1.29 is 19.0 Å². The number of benzene rings is 3. The molecule has 3 rings (SSSR count). The van der Waals surface area contributed by atoms with Crippen molar-refractivity contribution >= 4 is 22.9 Å². The van der Waals surface area contributed by atoms with Crippen molar-refractivity contribution in [2.24, 2.45) is 5.10 Å². The summed E-state index contributed by atoms with van der Waals surface area (Å²) in [6.07, 6.45) is 1.60. The van der Waals surface area contributed by atoms with Crippen molar-refractivity contribution in [1.82, 2.24) is 5.43 Å². The first kappa shape index (κ1) is 18.3. The van der Waals surface area contributed by atoms with E-state index in [1.54, 1.807) is 18.3 Å². The fraction of sp³-hybridized carbons (Fsp3) is 0.143. The van der Waals surface area contributed by atoms with E-state index in [1.165, 1.54) is 21.3 Å². The van der Waals surface area contributed by atoms with Crippen LogP contribution in [0, 0.1) is 0 Å². The Morgan fingerprint density at radius 1 is 0.889 bits per heavy atom. The monoisotopic (exact) mass is 364 g/mol. The first-order chi connectivity index (χ1) is 13.2. The maximum absolute atomic E-state index is 12.4. The number of hydrazone groups is 1. The molecule has 0 aliphatic carbocycles. The first-order valence-corrected chi connectivity index (χ1v) is 8.28. The van der Waals surface area contributed by atoms with Crippen molar-refractivity contribution in [3.63, 3.8) is 0 Å². The van der Waals surface area contributed by atoms with E-state index in [2.05, 4.69) is 10.5 Å². The highest BCUT2D eigenvalue weighted by atomic mass is 16.5. The minimum absolute atomic E-state index is 0.347. The van der Waals surface area contributed by atoms with Gasteiger partial charge in [0.25, 0.3) is 5.91 Å². The van der Waals surface area contributed by atoms with Crippen LogP contribution in [0.25, 0.3) is 10.8 Å². The third-order valence-electron chi connectivity index (χ3n) is 4.08. The van der Waals surface area contributed by atoms with Crippen molar-refractivity contribution in [2.75, 3.05) is 21.3 Å². The molecule has 0 aliphatic heterocycles. The smallest absolute Gasteiger partial charge is 0.271 e. The van der Waals surface area contributed by atoms with Gasteiger partial charge >= 0.3 is 0 Å². The zero-order chi connectivity index (χ0) is 19.2. The van der Waals surface area contributed by atoms with E-state index >= 15 is 0 Å². The van der Waals surface area contributed by atoms with Gasteiger partial charge in [-0.05, 0) is 34.5 Å². The highest BCUT2D eigenvalue weighted by Gasteiger charge is 2.16. The molecule has 6 heteroatoms. The van der Waals surface area contributed by atoms with Gasteiger partial charge in [-0.2, -0.15) is 5.10 Å². The number of fused-ring (bicyclic) bond motifs is 1. The second-order valence-corrected chi connectivity index (χ2v) is 5.72. The summed E-state index contributed by atoms with van der Waals surface area (Å²) in [4.78, 5) is 12.4. The molecule has 0 aliphatic rings. The van der Waals surface area contributed by atoms with Gasteiger partial charge in [0.2, 0.25) is 5.75 Å². The molecule has 0 aromatic heterocycles. The summed E-state index contributed by atoms with van der Waals surface area (Å²) >= 11 is 0. The Balaban J connectivity index is 1.77. The number of carbonyl (C=O) groups excluding carboxylic acids is 1. The Kier molecular flexibility index (Phi) is 5.56. The van der Waals surface area contributed by atoms with Gasteiger partial charge in [0.1, 0.15) is 0 Å². The van der Waals surface area contributed by atoms with Crippen LogP contribution in [-0.4, -0.2) is 33.5 Å². The zero-order valence-electron chi connectivity index (χ0n) is 15.4. The number of hydrogen-bond donors (Lipinski definition) is 1. The summed E-state index contributed by atoms with van der Waals surface area (Å²) in [7, 11) is 4.50. The average molecular weight is 364 g/mol. The van der Waals surface area contributed by atoms with Crippen molar-refractivity contribution in [1.29, 1.82) is 0 Å². The van der Waals surface area contributed by atoms with Crippen molar-refractivity contribution in [3.05, 3.63) is 65.7 Å². The van der Waals surface area contributed by atoms with Crippen LogP contribution in [-0.2, 0) is 0 Å². The lowest BCUT2D eigenvalue weighted by Gasteiger charge is -2.13. The first-order valence-electron chi connectivity index (χ1n) is 8.28. The molecule has 6 nitrogen and oxygen atoms in total. The van der Waals surface area contributed by atoms with Crippen LogP contribution in [0.4, 0.5) is 0 Å². The number of hydrogen-bond acceptors (Lipinski definition) is 5. The van der Waals surface area contributed by atoms with Crippen molar-refractivity contribution in [2.45, 2.75) is 0 Å². The number of carbonyl (C=O) groups is 1. The quantitative estimate of drug-likeness (QED) is 0.536. The van der Waals surface area contributed by atoms with E-state index in [0.29, 0.717) is 22.8 Å². The second-order valence-electron chi connectivity index (χ2n) is 5.72. The third-order valence-corrected chi connectivity index (χ3v) is 4.08. The number of amides is 1. The van der Waals surface area contributed by atoms with E-state index in [-0.39, 0.29) is 5.91 Å². The molecule has 0 saturated heterocycles. The third kappa shape index (κ3) is 4.00. The van der Waals surface area contributed by atoms with Crippen LogP contribution in [0.1, 0.15) is 15.9 Å². The van der Waals surface area contributed by atoms with Crippen LogP contribution in [0.15, 0.2) is 59.7 Å². The summed E-state index contributed by atoms with van der Waals surface area (Å²) in [5.74, 6) is 0.850. The predicted octanol–water partition coefficient (Wildman–Crippen LogP) is 3.63. The Morgan fingerprint density at radius 2 is 1.56 bits per heavy atom. The molecular weight excluding hydrogens is 344 g/mol. The lowest BCUT2D eigenvalue weighted by Crippen LogP contribution is -2.18. The molecule has 27 heavy (non-hydrogen) atoms. The van der Waals surface area contributed by atoms with E-state index in [9.17, 15) is 4.79 Å². The van der Waals surface area contributed by atoms with Gasteiger partial charge in [0, 0.05) is 5.56 Å². The van der Waals surface area contributed by atoms with Gasteiger partial charge in [-0.25, -0.2) is 5.43 Å². The predicted molar refractivity (Wildman–Crippen MR) is 105 cm³/mol. The van der Waals surface area contributed by atoms with E-state index in [4.69, 9.17) is 14.2 Å². The molecule has 1 N–H and O–H groups in total. The Labute approximate surface area is 157 Å². The fourth-order valence-electron chi connectivity index (χ4n) is 2.73. The van der Waals surface area contributed by atoms with Crippen LogP contribution in [0.2, 0.25) is 0 Å². The van der Waals surface area contributed by atoms with Crippen LogP contribution < -0.4 is 19.6 Å². The normalized spacial score (nSPS) is 10.8. The molecule has 1 amide bonds. The summed E-state index contributed by atoms with van der Waals surface area (Å²) in [5.41, 5.74) is 3.75. The molecule has 0 fully saturated rings. The van der Waals surface area contributed by atoms with Gasteiger partial charge in [-0.1, -0.05) is 36.4 Å². The molecule has 0 bridgehead atoms. The van der Waals surface area contributed by atoms with Gasteiger partial charge in [0.15, 0.2) is 11.5 Å². The highest BCUT2D eigenvalue weighted by Crippen LogP contribution is 2.38. The van der Waals surface area contributed by atoms with E-state index in [1.807, 2.05) is 42.5 Å². The Bertz CT molecular complexity index is 973. The summed E-state index contributed by atoms with van der Waals surface area (Å²) in [5, 5.41) is 6.30. The van der Waals surface area contributed by atoms with Crippen LogP contribution in [0.3, 0.4) is 0 Å². The molecule has 3 aromatic carbocycles. The van der Waals surface area contributed by atoms with Gasteiger partial charge in [0.05, 0.1) is 27.5 Å². The molecule has 0 saturated carbocycles. The number of methoxy groups -OCH3 is 3. The van der Waals surface area contributed by atoms with Gasteiger partial charge in [-0.15, -0.1) is 0 Å². The summed E-state index contributed by atoms with van der Waals surface area (Å²) in [6, 6.07) is 17.1. The number of rotatable bonds is 6. The van der Waals surface area contributed by atoms with Gasteiger partial charge < -0.3 is 14.2 Å². The molecule has 0 spiro atoms. The minimum Gasteiger partial charge on any atom is -0.493 e. The van der Waals surface area contributed by atoms with Crippen LogP contribution in [0.5, 0.6) is 17.2 Å². The number of nitrogens with one attached hydrogen (secondary N) is 1. The maximum atomic E-state index is 12.4. The van der Waals surface area contributed by atoms with E-state index < -0.39 is 0 Å². The Hall–Kier alpha value is -3.54. The average Bonchev–Trinajstić information content (AvgIpc) is 2.72. The largest absolute Gasteiger partial charge is 0.493 e. The number of nitrogens with zero attached hydrogens (tertiary/aromatic N) is 1. The van der Waals surface area contributed by atoms with Crippen molar-refractivity contribution in [3.8, 4) is 17.2 Å². The topological polar surface area (TPSA) is 69.2 Å². The minimum atomic E-state index is -0.383. The molecule has 0 radical (unpaired) electrons. The molecule has 3 aromatic rings. The van der Waals surface area contributed by atoms with Crippen LogP contribution >= 0.6 is 0 Å². The van der Waals surface area contributed by atoms with Gasteiger partial charge in [-0.3, -0.25) is 4.79 Å². The second kappa shape index (κ2) is 8.23. The molecule has 0 atom stereocenters. The standard InChI is InChI=1S/C21H20N2O4/c1-25-18-11-17(12-19(26-2)20(18)27-3)21(24)23-22-13-14-8-9-15-6-4-5-7-16(15)10-14/h4-13H,1-3H3,(H,23,24)/b22-13-. The SMILES string of the molecule is COc1cc(C(=O)N/N=C\c2ccc3ccccc3c2)cc(OC)c1OC. The summed E-state index contributed by atoms with van der Waals surface area (Å²) < 4.78 is 15.8. The molecule has 138 valence electrons. The maximum Gasteiger partial charge on any atom is 0.271 e. The van der Waals surface area contributed by atoms with E-state index in [0.717, 1.165) is 16.3 Å². The fourth-order valence-corrected chi connectivity index (χ4v) is 2.73. The lowest BCUT2D eigenvalue weighted by atomic mass is 10.1. The molecular formula is C21H20N2O4. The molecule has 0 heterocycles. The number of ether oxygens (including phenoxy) is 3. The summed E-state index contributed by atoms with van der Waals surface area (Å²) in [6.45, 7) is 0. The molecule has 0 unspecified atom stereocenters. The lowest BCUT2D eigenvalue weighted by molar-refractivity contribution is 0.0954. The Morgan fingerprint density at radius 3 is 2.19 bits per heavy atom. The zero-order valence-corrected chi connectivity index (χ0v) is 15.4. The highest BCUT2D eigenvalue weighted by molar-refractivity contribution is 5.96.